The molecule has 0 unspecified atom stereocenters. The third-order valence-electron chi connectivity index (χ3n) is 5.39. The summed E-state index contributed by atoms with van der Waals surface area (Å²) in [7, 11) is 0. The molecule has 2 aromatic carbocycles. The second-order valence-electron chi connectivity index (χ2n) is 9.11. The van der Waals surface area contributed by atoms with Crippen molar-refractivity contribution in [3.05, 3.63) is 54.1 Å². The maximum absolute atomic E-state index is 12.2. The van der Waals surface area contributed by atoms with E-state index >= 15 is 0 Å². The number of carbonyl (C=O) groups excluding carboxylic acids is 1. The predicted molar refractivity (Wildman–Crippen MR) is 121 cm³/mol. The van der Waals surface area contributed by atoms with Crippen LogP contribution in [-0.4, -0.2) is 41.4 Å². The summed E-state index contributed by atoms with van der Waals surface area (Å²) in [5, 5.41) is 4.86. The number of likely N-dealkylation sites (tertiary alicyclic amines) is 1. The van der Waals surface area contributed by atoms with Gasteiger partial charge in [-0.25, -0.2) is 4.79 Å². The van der Waals surface area contributed by atoms with Crippen LogP contribution in [0.25, 0.3) is 11.0 Å². The molecule has 1 aliphatic heterocycles. The third kappa shape index (κ3) is 5.52. The van der Waals surface area contributed by atoms with Crippen molar-refractivity contribution < 1.29 is 23.5 Å². The standard InChI is InChI=1S/C25H30N2O5/c1-25(2,3)31-24(28)27-14-12-19(13-15-27)17-30-23-22-20(10-7-11-21(22)32-26-23)29-16-18-8-5-4-6-9-18/h4-11,19H,12-17H2,1-3H3. The lowest BCUT2D eigenvalue weighted by molar-refractivity contribution is 0.0164. The fourth-order valence-electron chi connectivity index (χ4n) is 3.69. The Hall–Kier alpha value is -3.22. The molecule has 1 aliphatic rings. The summed E-state index contributed by atoms with van der Waals surface area (Å²) in [5.41, 5.74) is 1.23. The Bertz CT molecular complexity index is 1030. The largest absolute Gasteiger partial charge is 0.488 e. The number of fused-ring (bicyclic) bond motifs is 1. The second kappa shape index (κ2) is 9.51. The molecular weight excluding hydrogens is 408 g/mol. The molecule has 0 bridgehead atoms. The number of hydrogen-bond acceptors (Lipinski definition) is 6. The van der Waals surface area contributed by atoms with Crippen LogP contribution >= 0.6 is 0 Å². The van der Waals surface area contributed by atoms with Crippen LogP contribution in [-0.2, 0) is 11.3 Å². The first-order chi connectivity index (χ1) is 15.4. The van der Waals surface area contributed by atoms with E-state index < -0.39 is 5.60 Å². The predicted octanol–water partition coefficient (Wildman–Crippen LogP) is 5.43. The van der Waals surface area contributed by atoms with E-state index in [0.29, 0.717) is 49.4 Å². The Morgan fingerprint density at radius 2 is 1.81 bits per heavy atom. The zero-order valence-electron chi connectivity index (χ0n) is 18.9. The second-order valence-corrected chi connectivity index (χ2v) is 9.11. The van der Waals surface area contributed by atoms with Crippen LogP contribution in [0.2, 0.25) is 0 Å². The lowest BCUT2D eigenvalue weighted by Gasteiger charge is -2.33. The fraction of sp³-hybridized carbons (Fsp3) is 0.440. The molecule has 1 aromatic heterocycles. The summed E-state index contributed by atoms with van der Waals surface area (Å²) < 4.78 is 23.0. The number of benzene rings is 2. The number of piperidine rings is 1. The molecular formula is C25H30N2O5. The van der Waals surface area contributed by atoms with E-state index in [-0.39, 0.29) is 6.09 Å². The smallest absolute Gasteiger partial charge is 0.410 e. The van der Waals surface area contributed by atoms with Crippen molar-refractivity contribution in [1.82, 2.24) is 10.1 Å². The molecule has 0 spiro atoms. The number of hydrogen-bond donors (Lipinski definition) is 0. The van der Waals surface area contributed by atoms with Crippen LogP contribution in [0, 0.1) is 5.92 Å². The van der Waals surface area contributed by atoms with Crippen LogP contribution in [0.5, 0.6) is 11.6 Å². The van der Waals surface area contributed by atoms with Gasteiger partial charge in [-0.3, -0.25) is 0 Å². The third-order valence-corrected chi connectivity index (χ3v) is 5.39. The molecule has 0 saturated carbocycles. The highest BCUT2D eigenvalue weighted by Crippen LogP contribution is 2.34. The van der Waals surface area contributed by atoms with Gasteiger partial charge in [0.15, 0.2) is 5.58 Å². The molecule has 0 aliphatic carbocycles. The number of nitrogens with zero attached hydrogens (tertiary/aromatic N) is 2. The molecule has 32 heavy (non-hydrogen) atoms. The summed E-state index contributed by atoms with van der Waals surface area (Å²) in [5.74, 6) is 1.46. The van der Waals surface area contributed by atoms with E-state index in [2.05, 4.69) is 5.16 Å². The van der Waals surface area contributed by atoms with E-state index in [4.69, 9.17) is 18.7 Å². The molecule has 1 saturated heterocycles. The van der Waals surface area contributed by atoms with Crippen molar-refractivity contribution in [3.8, 4) is 11.6 Å². The highest BCUT2D eigenvalue weighted by atomic mass is 16.6. The van der Waals surface area contributed by atoms with Gasteiger partial charge in [-0.2, -0.15) is 0 Å². The summed E-state index contributed by atoms with van der Waals surface area (Å²) in [6, 6.07) is 15.6. The summed E-state index contributed by atoms with van der Waals surface area (Å²) in [4.78, 5) is 14.0. The summed E-state index contributed by atoms with van der Waals surface area (Å²) in [6.07, 6.45) is 1.46. The minimum atomic E-state index is -0.481. The first-order valence-electron chi connectivity index (χ1n) is 11.0. The van der Waals surface area contributed by atoms with Crippen LogP contribution in [0.15, 0.2) is 53.1 Å². The van der Waals surface area contributed by atoms with E-state index in [1.807, 2.05) is 69.3 Å². The van der Waals surface area contributed by atoms with Gasteiger partial charge in [0.25, 0.3) is 5.88 Å². The maximum atomic E-state index is 12.2. The van der Waals surface area contributed by atoms with Crippen molar-refractivity contribution in [3.63, 3.8) is 0 Å². The first-order valence-corrected chi connectivity index (χ1v) is 11.0. The van der Waals surface area contributed by atoms with E-state index in [9.17, 15) is 4.79 Å². The Morgan fingerprint density at radius 1 is 1.06 bits per heavy atom. The summed E-state index contributed by atoms with van der Waals surface area (Å²) >= 11 is 0. The number of carbonyl (C=O) groups is 1. The van der Waals surface area contributed by atoms with Gasteiger partial charge in [0.2, 0.25) is 0 Å². The van der Waals surface area contributed by atoms with E-state index in [0.717, 1.165) is 23.8 Å². The van der Waals surface area contributed by atoms with Gasteiger partial charge in [-0.1, -0.05) is 36.4 Å². The molecule has 2 heterocycles. The minimum Gasteiger partial charge on any atom is -0.488 e. The number of rotatable bonds is 6. The Morgan fingerprint density at radius 3 is 2.53 bits per heavy atom. The molecule has 3 aromatic rings. The van der Waals surface area contributed by atoms with Gasteiger partial charge in [0, 0.05) is 13.1 Å². The molecule has 1 amide bonds. The molecule has 1 fully saturated rings. The van der Waals surface area contributed by atoms with Gasteiger partial charge in [0.1, 0.15) is 23.3 Å². The van der Waals surface area contributed by atoms with Crippen molar-refractivity contribution >= 4 is 17.1 Å². The highest BCUT2D eigenvalue weighted by molar-refractivity contribution is 5.88. The molecule has 170 valence electrons. The molecule has 7 nitrogen and oxygen atoms in total. The van der Waals surface area contributed by atoms with Crippen molar-refractivity contribution in [2.24, 2.45) is 5.92 Å². The number of aromatic nitrogens is 1. The van der Waals surface area contributed by atoms with Crippen molar-refractivity contribution in [1.29, 1.82) is 0 Å². The van der Waals surface area contributed by atoms with Crippen molar-refractivity contribution in [2.75, 3.05) is 19.7 Å². The lowest BCUT2D eigenvalue weighted by Crippen LogP contribution is -2.42. The first kappa shape index (κ1) is 22.0. The average molecular weight is 439 g/mol. The van der Waals surface area contributed by atoms with Crippen LogP contribution in [0.4, 0.5) is 4.79 Å². The Balaban J connectivity index is 1.34. The van der Waals surface area contributed by atoms with Gasteiger partial charge in [-0.15, -0.1) is 0 Å². The van der Waals surface area contributed by atoms with Crippen molar-refractivity contribution in [2.45, 2.75) is 45.8 Å². The van der Waals surface area contributed by atoms with E-state index in [1.165, 1.54) is 0 Å². The topological polar surface area (TPSA) is 74.0 Å². The van der Waals surface area contributed by atoms with Gasteiger partial charge in [-0.05, 0) is 62.4 Å². The Labute approximate surface area is 188 Å². The zero-order valence-corrected chi connectivity index (χ0v) is 18.9. The number of amides is 1. The molecule has 0 N–H and O–H groups in total. The SMILES string of the molecule is CC(C)(C)OC(=O)N1CCC(COc2noc3cccc(OCc4ccccc4)c23)CC1. The maximum Gasteiger partial charge on any atom is 0.410 e. The number of ether oxygens (including phenoxy) is 3. The zero-order chi connectivity index (χ0) is 22.6. The summed E-state index contributed by atoms with van der Waals surface area (Å²) in [6.45, 7) is 7.93. The average Bonchev–Trinajstić information content (AvgIpc) is 3.20. The molecule has 0 radical (unpaired) electrons. The van der Waals surface area contributed by atoms with Gasteiger partial charge in [0.05, 0.1) is 6.61 Å². The van der Waals surface area contributed by atoms with Crippen LogP contribution < -0.4 is 9.47 Å². The van der Waals surface area contributed by atoms with E-state index in [1.54, 1.807) is 4.90 Å². The monoisotopic (exact) mass is 438 g/mol. The van der Waals surface area contributed by atoms with Gasteiger partial charge < -0.3 is 23.6 Å². The minimum absolute atomic E-state index is 0.250. The molecule has 7 heteroatoms. The van der Waals surface area contributed by atoms with Gasteiger partial charge >= 0.3 is 6.09 Å². The normalized spacial score (nSPS) is 15.0. The Kier molecular flexibility index (Phi) is 6.53. The lowest BCUT2D eigenvalue weighted by atomic mass is 9.98. The van der Waals surface area contributed by atoms with Crippen LogP contribution in [0.3, 0.4) is 0 Å². The fourth-order valence-corrected chi connectivity index (χ4v) is 3.69. The van der Waals surface area contributed by atoms with Crippen LogP contribution in [0.1, 0.15) is 39.2 Å². The molecule has 4 rings (SSSR count). The highest BCUT2D eigenvalue weighted by Gasteiger charge is 2.27. The quantitative estimate of drug-likeness (QED) is 0.511. The molecule has 0 atom stereocenters.